The lowest BCUT2D eigenvalue weighted by Crippen LogP contribution is -2.48. The van der Waals surface area contributed by atoms with Crippen LogP contribution in [-0.4, -0.2) is 15.0 Å². The maximum atomic E-state index is 13.2. The van der Waals surface area contributed by atoms with Gasteiger partial charge < -0.3 is 0 Å². The molecule has 2 aromatic carbocycles. The summed E-state index contributed by atoms with van der Waals surface area (Å²) in [5, 5.41) is 0.534. The number of sulfonamides is 1. The Morgan fingerprint density at radius 1 is 0.897 bits per heavy atom. The van der Waals surface area contributed by atoms with Crippen molar-refractivity contribution >= 4 is 27.3 Å². The second kappa shape index (κ2) is 7.02. The first-order valence-corrected chi connectivity index (χ1v) is 12.6. The van der Waals surface area contributed by atoms with Crippen molar-refractivity contribution in [3.8, 4) is 0 Å². The third-order valence-corrected chi connectivity index (χ3v) is 9.66. The Hall–Kier alpha value is -1.52. The van der Waals surface area contributed by atoms with Crippen LogP contribution in [0.5, 0.6) is 0 Å². The highest BCUT2D eigenvalue weighted by Gasteiger charge is 2.51. The molecule has 0 aliphatic heterocycles. The number of hydrogen-bond acceptors (Lipinski definition) is 2. The van der Waals surface area contributed by atoms with Crippen LogP contribution in [0.2, 0.25) is 5.02 Å². The molecule has 0 N–H and O–H groups in total. The van der Waals surface area contributed by atoms with Gasteiger partial charge in [-0.15, -0.1) is 0 Å². The molecule has 4 aliphatic rings. The van der Waals surface area contributed by atoms with Crippen molar-refractivity contribution in [1.82, 2.24) is 0 Å². The maximum absolute atomic E-state index is 13.2. The zero-order chi connectivity index (χ0) is 20.2. The fraction of sp³-hybridized carbons (Fsp3) is 0.500. The van der Waals surface area contributed by atoms with E-state index in [2.05, 4.69) is 12.1 Å². The standard InChI is InChI=1S/C24H28ClNO2S/c1-2-26(29(27,28)23-9-5-21(25)6-10-23)22-7-3-20(4-8-22)24-14-17-11-18(15-24)13-19(12-17)16-24/h3-10,17-19H,2,11-16H2,1H3. The molecule has 4 bridgehead atoms. The molecular weight excluding hydrogens is 402 g/mol. The SMILES string of the molecule is CCN(c1ccc(C23CC4CC(CC(C4)C2)C3)cc1)S(=O)(=O)c1ccc(Cl)cc1. The van der Waals surface area contributed by atoms with Crippen LogP contribution < -0.4 is 4.31 Å². The largest absolute Gasteiger partial charge is 0.267 e. The van der Waals surface area contributed by atoms with Crippen molar-refractivity contribution in [2.24, 2.45) is 17.8 Å². The lowest BCUT2D eigenvalue weighted by Gasteiger charge is -2.57. The second-order valence-electron chi connectivity index (χ2n) is 9.37. The first kappa shape index (κ1) is 19.4. The molecule has 6 rings (SSSR count). The Morgan fingerprint density at radius 2 is 1.41 bits per heavy atom. The minimum atomic E-state index is -3.60. The first-order valence-electron chi connectivity index (χ1n) is 10.8. The highest BCUT2D eigenvalue weighted by Crippen LogP contribution is 2.60. The van der Waals surface area contributed by atoms with Gasteiger partial charge in [0, 0.05) is 11.6 Å². The van der Waals surface area contributed by atoms with Gasteiger partial charge in [0.25, 0.3) is 10.0 Å². The van der Waals surface area contributed by atoms with Crippen molar-refractivity contribution < 1.29 is 8.42 Å². The quantitative estimate of drug-likeness (QED) is 0.582. The Bertz CT molecular complexity index is 963. The summed E-state index contributed by atoms with van der Waals surface area (Å²) in [5.74, 6) is 2.70. The molecule has 2 aromatic rings. The molecule has 4 aliphatic carbocycles. The van der Waals surface area contributed by atoms with E-state index in [1.165, 1.54) is 48.4 Å². The Balaban J connectivity index is 1.44. The molecular formula is C24H28ClNO2S. The van der Waals surface area contributed by atoms with Gasteiger partial charge in [-0.25, -0.2) is 8.42 Å². The molecule has 4 fully saturated rings. The van der Waals surface area contributed by atoms with Gasteiger partial charge in [0.1, 0.15) is 0 Å². The summed E-state index contributed by atoms with van der Waals surface area (Å²) >= 11 is 5.93. The lowest BCUT2D eigenvalue weighted by molar-refractivity contribution is -0.00518. The van der Waals surface area contributed by atoms with Crippen molar-refractivity contribution in [3.05, 3.63) is 59.1 Å². The van der Waals surface area contributed by atoms with Gasteiger partial charge in [0.05, 0.1) is 10.6 Å². The molecule has 0 saturated heterocycles. The van der Waals surface area contributed by atoms with Crippen molar-refractivity contribution in [1.29, 1.82) is 0 Å². The van der Waals surface area contributed by atoms with E-state index in [1.807, 2.05) is 19.1 Å². The van der Waals surface area contributed by atoms with Gasteiger partial charge in [0.2, 0.25) is 0 Å². The fourth-order valence-electron chi connectivity index (χ4n) is 6.67. The zero-order valence-corrected chi connectivity index (χ0v) is 18.4. The summed E-state index contributed by atoms with van der Waals surface area (Å²) in [6.07, 6.45) is 8.25. The molecule has 29 heavy (non-hydrogen) atoms. The molecule has 0 amide bonds. The first-order chi connectivity index (χ1) is 13.9. The van der Waals surface area contributed by atoms with E-state index in [4.69, 9.17) is 11.6 Å². The van der Waals surface area contributed by atoms with E-state index in [1.54, 1.807) is 24.3 Å². The minimum absolute atomic E-state index is 0.272. The Labute approximate surface area is 179 Å². The summed E-state index contributed by atoms with van der Waals surface area (Å²) in [4.78, 5) is 0.272. The van der Waals surface area contributed by atoms with Crippen LogP contribution in [-0.2, 0) is 15.4 Å². The molecule has 0 unspecified atom stereocenters. The molecule has 0 radical (unpaired) electrons. The van der Waals surface area contributed by atoms with E-state index in [-0.39, 0.29) is 4.90 Å². The average molecular weight is 430 g/mol. The topological polar surface area (TPSA) is 37.4 Å². The van der Waals surface area contributed by atoms with Crippen molar-refractivity contribution in [2.45, 2.75) is 55.8 Å². The average Bonchev–Trinajstić information content (AvgIpc) is 2.68. The van der Waals surface area contributed by atoms with E-state index >= 15 is 0 Å². The second-order valence-corrected chi connectivity index (χ2v) is 11.7. The predicted octanol–water partition coefficient (Wildman–Crippen LogP) is 6.02. The molecule has 5 heteroatoms. The van der Waals surface area contributed by atoms with Crippen molar-refractivity contribution in [3.63, 3.8) is 0 Å². The summed E-state index contributed by atoms with van der Waals surface area (Å²) in [5.41, 5.74) is 2.48. The lowest BCUT2D eigenvalue weighted by atomic mass is 9.48. The van der Waals surface area contributed by atoms with E-state index in [0.717, 1.165) is 23.4 Å². The monoisotopic (exact) mass is 429 g/mol. The van der Waals surface area contributed by atoms with E-state index < -0.39 is 10.0 Å². The third kappa shape index (κ3) is 3.29. The van der Waals surface area contributed by atoms with E-state index in [0.29, 0.717) is 17.0 Å². The normalized spacial score (nSPS) is 30.5. The van der Waals surface area contributed by atoms with E-state index in [9.17, 15) is 8.42 Å². The van der Waals surface area contributed by atoms with Crippen LogP contribution in [0.4, 0.5) is 5.69 Å². The maximum Gasteiger partial charge on any atom is 0.264 e. The molecule has 4 saturated carbocycles. The van der Waals surface area contributed by atoms with Crippen LogP contribution in [0.3, 0.4) is 0 Å². The minimum Gasteiger partial charge on any atom is -0.267 e. The molecule has 0 aromatic heterocycles. The highest BCUT2D eigenvalue weighted by atomic mass is 35.5. The van der Waals surface area contributed by atoms with Gasteiger partial charge in [-0.2, -0.15) is 0 Å². The van der Waals surface area contributed by atoms with Crippen LogP contribution >= 0.6 is 11.6 Å². The Kier molecular flexibility index (Phi) is 4.71. The predicted molar refractivity (Wildman–Crippen MR) is 118 cm³/mol. The fourth-order valence-corrected chi connectivity index (χ4v) is 8.27. The van der Waals surface area contributed by atoms with Crippen LogP contribution in [0, 0.1) is 17.8 Å². The summed E-state index contributed by atoms with van der Waals surface area (Å²) in [7, 11) is -3.60. The van der Waals surface area contributed by atoms with Crippen LogP contribution in [0.1, 0.15) is 51.0 Å². The molecule has 0 atom stereocenters. The van der Waals surface area contributed by atoms with Gasteiger partial charge in [-0.1, -0.05) is 23.7 Å². The third-order valence-electron chi connectivity index (χ3n) is 7.49. The van der Waals surface area contributed by atoms with Crippen LogP contribution in [0.25, 0.3) is 0 Å². The number of halogens is 1. The molecule has 154 valence electrons. The summed E-state index contributed by atoms with van der Waals surface area (Å²) in [6, 6.07) is 14.8. The van der Waals surface area contributed by atoms with Gasteiger partial charge in [-0.3, -0.25) is 4.31 Å². The Morgan fingerprint density at radius 3 is 1.90 bits per heavy atom. The van der Waals surface area contributed by atoms with Gasteiger partial charge in [0.15, 0.2) is 0 Å². The van der Waals surface area contributed by atoms with Gasteiger partial charge >= 0.3 is 0 Å². The number of hydrogen-bond donors (Lipinski definition) is 0. The molecule has 0 heterocycles. The number of benzene rings is 2. The van der Waals surface area contributed by atoms with Crippen molar-refractivity contribution in [2.75, 3.05) is 10.8 Å². The summed E-state index contributed by atoms with van der Waals surface area (Å²) in [6.45, 7) is 2.27. The highest BCUT2D eigenvalue weighted by molar-refractivity contribution is 7.92. The smallest absolute Gasteiger partial charge is 0.264 e. The molecule has 0 spiro atoms. The molecule has 3 nitrogen and oxygen atoms in total. The number of rotatable bonds is 5. The number of nitrogens with zero attached hydrogens (tertiary/aromatic N) is 1. The van der Waals surface area contributed by atoms with Crippen LogP contribution in [0.15, 0.2) is 53.4 Å². The zero-order valence-electron chi connectivity index (χ0n) is 16.9. The summed E-state index contributed by atoms with van der Waals surface area (Å²) < 4.78 is 27.8. The number of anilines is 1. The van der Waals surface area contributed by atoms with Gasteiger partial charge in [-0.05, 0) is 111 Å².